The molecule has 0 aliphatic carbocycles. The first-order chi connectivity index (χ1) is 12.7. The van der Waals surface area contributed by atoms with Crippen LogP contribution in [0.5, 0.6) is 0 Å². The molecule has 4 aromatic rings. The van der Waals surface area contributed by atoms with Crippen molar-refractivity contribution in [3.05, 3.63) is 58.8 Å². The maximum Gasteiger partial charge on any atom is 0.200 e. The van der Waals surface area contributed by atoms with Gasteiger partial charge >= 0.3 is 0 Å². The Kier molecular flexibility index (Phi) is 5.26. The third-order valence-electron chi connectivity index (χ3n) is 4.38. The second-order valence-corrected chi connectivity index (χ2v) is 8.01. The van der Waals surface area contributed by atoms with Gasteiger partial charge in [-0.25, -0.2) is 14.4 Å². The first-order valence-corrected chi connectivity index (χ1v) is 9.04. The zero-order chi connectivity index (χ0) is 19.3. The second kappa shape index (κ2) is 7.22. The number of aryl methyl sites for hydroxylation is 1. The molecule has 0 fully saturated rings. The van der Waals surface area contributed by atoms with Crippen LogP contribution < -0.4 is 0 Å². The Bertz CT molecular complexity index is 1160. The Balaban J connectivity index is 0.00000225. The lowest BCUT2D eigenvalue weighted by Gasteiger charge is -2.11. The Hall–Kier alpha value is -2.37. The fraction of sp³-hybridized carbons (Fsp3) is 0.238. The predicted molar refractivity (Wildman–Crippen MR) is 113 cm³/mol. The Morgan fingerprint density at radius 1 is 1.11 bits per heavy atom. The van der Waals surface area contributed by atoms with E-state index in [4.69, 9.17) is 16.0 Å². The Morgan fingerprint density at radius 2 is 1.82 bits per heavy atom. The number of aromatic nitrogens is 3. The van der Waals surface area contributed by atoms with Gasteiger partial charge in [0.2, 0.25) is 5.89 Å². The van der Waals surface area contributed by atoms with Gasteiger partial charge in [-0.15, -0.1) is 12.4 Å². The van der Waals surface area contributed by atoms with Gasteiger partial charge in [0.15, 0.2) is 11.6 Å². The molecule has 2 aromatic heterocycles. The van der Waals surface area contributed by atoms with Crippen molar-refractivity contribution in [2.75, 3.05) is 0 Å². The maximum absolute atomic E-state index is 14.2. The van der Waals surface area contributed by atoms with Crippen LogP contribution >= 0.6 is 24.0 Å². The van der Waals surface area contributed by atoms with E-state index in [1.54, 1.807) is 24.3 Å². The molecule has 0 aliphatic heterocycles. The number of fused-ring (bicyclic) bond motifs is 1. The lowest BCUT2D eigenvalue weighted by molar-refractivity contribution is 0.398. The molecule has 2 heterocycles. The van der Waals surface area contributed by atoms with Gasteiger partial charge in [0.05, 0.1) is 16.2 Å². The summed E-state index contributed by atoms with van der Waals surface area (Å²) in [6.45, 7) is 8.00. The number of benzene rings is 2. The van der Waals surface area contributed by atoms with Crippen molar-refractivity contribution in [3.63, 3.8) is 0 Å². The number of imidazole rings is 1. The number of aromatic amines is 1. The molecular weight excluding hydrogens is 400 g/mol. The minimum Gasteiger partial charge on any atom is -0.437 e. The summed E-state index contributed by atoms with van der Waals surface area (Å²) in [6, 6.07) is 10.2. The lowest BCUT2D eigenvalue weighted by atomic mass is 9.97. The van der Waals surface area contributed by atoms with Crippen LogP contribution in [-0.4, -0.2) is 15.0 Å². The molecule has 0 saturated carbocycles. The average Bonchev–Trinajstić information content (AvgIpc) is 3.18. The highest BCUT2D eigenvalue weighted by atomic mass is 35.5. The first kappa shape index (κ1) is 20.4. The van der Waals surface area contributed by atoms with E-state index in [1.807, 2.05) is 33.8 Å². The number of nitrogens with one attached hydrogen (secondary N) is 1. The van der Waals surface area contributed by atoms with E-state index in [0.29, 0.717) is 44.7 Å². The SMILES string of the molecule is Cc1nc(C(C)(C)C)oc1-c1nc2c(Cl)cc(-c3ccccc3F)cc2[nH]1.Cl. The molecule has 0 aliphatic rings. The summed E-state index contributed by atoms with van der Waals surface area (Å²) in [5, 5.41) is 0.446. The zero-order valence-electron chi connectivity index (χ0n) is 15.9. The van der Waals surface area contributed by atoms with Gasteiger partial charge in [-0.3, -0.25) is 0 Å². The van der Waals surface area contributed by atoms with Crippen molar-refractivity contribution in [2.24, 2.45) is 0 Å². The molecular formula is C21H20Cl2FN3O. The third kappa shape index (κ3) is 3.52. The molecule has 0 bridgehead atoms. The summed E-state index contributed by atoms with van der Waals surface area (Å²) in [5.41, 5.74) is 3.05. The summed E-state index contributed by atoms with van der Waals surface area (Å²) >= 11 is 6.43. The monoisotopic (exact) mass is 419 g/mol. The molecule has 0 saturated heterocycles. The summed E-state index contributed by atoms with van der Waals surface area (Å²) in [7, 11) is 0. The van der Waals surface area contributed by atoms with E-state index >= 15 is 0 Å². The highest BCUT2D eigenvalue weighted by molar-refractivity contribution is 6.35. The highest BCUT2D eigenvalue weighted by Crippen LogP contribution is 2.34. The van der Waals surface area contributed by atoms with Crippen LogP contribution in [0.4, 0.5) is 4.39 Å². The quantitative estimate of drug-likeness (QED) is 0.392. The smallest absolute Gasteiger partial charge is 0.200 e. The van der Waals surface area contributed by atoms with Crippen molar-refractivity contribution in [2.45, 2.75) is 33.1 Å². The molecule has 2 aromatic carbocycles. The number of halogens is 3. The van der Waals surface area contributed by atoms with Gasteiger partial charge in [-0.05, 0) is 30.7 Å². The molecule has 7 heteroatoms. The van der Waals surface area contributed by atoms with Crippen molar-refractivity contribution >= 4 is 35.0 Å². The minimum absolute atomic E-state index is 0. The van der Waals surface area contributed by atoms with Gasteiger partial charge in [0, 0.05) is 11.0 Å². The van der Waals surface area contributed by atoms with Gasteiger partial charge in [0.25, 0.3) is 0 Å². The molecule has 28 heavy (non-hydrogen) atoms. The van der Waals surface area contributed by atoms with Crippen LogP contribution in [0.25, 0.3) is 33.7 Å². The van der Waals surface area contributed by atoms with E-state index in [-0.39, 0.29) is 23.6 Å². The van der Waals surface area contributed by atoms with E-state index in [0.717, 1.165) is 5.69 Å². The minimum atomic E-state index is -0.298. The summed E-state index contributed by atoms with van der Waals surface area (Å²) < 4.78 is 20.1. The van der Waals surface area contributed by atoms with Crippen LogP contribution in [0.1, 0.15) is 32.4 Å². The van der Waals surface area contributed by atoms with Gasteiger partial charge in [-0.2, -0.15) is 0 Å². The molecule has 0 unspecified atom stereocenters. The number of hydrogen-bond acceptors (Lipinski definition) is 3. The number of H-pyrrole nitrogens is 1. The van der Waals surface area contributed by atoms with Crippen LogP contribution in [0.2, 0.25) is 5.02 Å². The zero-order valence-corrected chi connectivity index (χ0v) is 17.5. The fourth-order valence-electron chi connectivity index (χ4n) is 2.97. The summed E-state index contributed by atoms with van der Waals surface area (Å²) in [4.78, 5) is 12.3. The highest BCUT2D eigenvalue weighted by Gasteiger charge is 2.24. The number of hydrogen-bond donors (Lipinski definition) is 1. The van der Waals surface area contributed by atoms with Crippen molar-refractivity contribution in [1.29, 1.82) is 0 Å². The van der Waals surface area contributed by atoms with Crippen molar-refractivity contribution in [1.82, 2.24) is 15.0 Å². The molecule has 0 spiro atoms. The molecule has 0 atom stereocenters. The van der Waals surface area contributed by atoms with Crippen molar-refractivity contribution in [3.8, 4) is 22.7 Å². The predicted octanol–water partition coefficient (Wildman–Crippen LogP) is 6.71. The van der Waals surface area contributed by atoms with Crippen LogP contribution in [0.3, 0.4) is 0 Å². The molecule has 4 nitrogen and oxygen atoms in total. The normalized spacial score (nSPS) is 11.6. The Labute approximate surface area is 173 Å². The molecule has 146 valence electrons. The van der Waals surface area contributed by atoms with Gasteiger partial charge in [-0.1, -0.05) is 50.6 Å². The fourth-order valence-corrected chi connectivity index (χ4v) is 3.23. The molecule has 1 N–H and O–H groups in total. The topological polar surface area (TPSA) is 54.7 Å². The van der Waals surface area contributed by atoms with Crippen LogP contribution in [0.15, 0.2) is 40.8 Å². The first-order valence-electron chi connectivity index (χ1n) is 8.66. The van der Waals surface area contributed by atoms with E-state index < -0.39 is 0 Å². The van der Waals surface area contributed by atoms with E-state index in [1.165, 1.54) is 6.07 Å². The lowest BCUT2D eigenvalue weighted by Crippen LogP contribution is -2.11. The van der Waals surface area contributed by atoms with Crippen LogP contribution in [-0.2, 0) is 5.41 Å². The standard InChI is InChI=1S/C21H19ClFN3O.ClH/c1-11-18(27-20(24-11)21(2,3)4)19-25-16-10-12(9-14(22)17(16)26-19)13-7-5-6-8-15(13)23;/h5-10H,1-4H3,(H,25,26);1H. The summed E-state index contributed by atoms with van der Waals surface area (Å²) in [5.74, 6) is 1.49. The molecule has 0 amide bonds. The third-order valence-corrected chi connectivity index (χ3v) is 4.67. The largest absolute Gasteiger partial charge is 0.437 e. The van der Waals surface area contributed by atoms with Gasteiger partial charge < -0.3 is 9.40 Å². The number of rotatable bonds is 2. The summed E-state index contributed by atoms with van der Waals surface area (Å²) in [6.07, 6.45) is 0. The number of oxazole rings is 1. The van der Waals surface area contributed by atoms with E-state index in [9.17, 15) is 4.39 Å². The Morgan fingerprint density at radius 3 is 2.46 bits per heavy atom. The maximum atomic E-state index is 14.2. The molecule has 4 rings (SSSR count). The van der Waals surface area contributed by atoms with Crippen molar-refractivity contribution < 1.29 is 8.81 Å². The second-order valence-electron chi connectivity index (χ2n) is 7.60. The van der Waals surface area contributed by atoms with E-state index in [2.05, 4.69) is 15.0 Å². The average molecular weight is 420 g/mol. The number of nitrogens with zero attached hydrogens (tertiary/aromatic N) is 2. The van der Waals surface area contributed by atoms with Gasteiger partial charge in [0.1, 0.15) is 11.3 Å². The molecule has 0 radical (unpaired) electrons. The van der Waals surface area contributed by atoms with Crippen LogP contribution in [0, 0.1) is 12.7 Å².